The number of Topliss-reactive ketones (excluding diaryl/α,β-unsaturated/α-hetero) is 1. The molecule has 0 fully saturated rings. The molecule has 0 aliphatic heterocycles. The van der Waals surface area contributed by atoms with Crippen LogP contribution in [0, 0.1) is 5.92 Å². The quantitative estimate of drug-likeness (QED) is 0.416. The molecular formula is C15H28O3. The summed E-state index contributed by atoms with van der Waals surface area (Å²) in [6.45, 7) is 3.78. The Morgan fingerprint density at radius 2 is 1.56 bits per heavy atom. The molecule has 1 atom stereocenters. The Hall–Kier alpha value is -0.860. The number of ketones is 1. The molecule has 0 spiro atoms. The zero-order chi connectivity index (χ0) is 13.8. The predicted octanol–water partition coefficient (Wildman–Crippen LogP) is 3.90. The number of carbonyl (C=O) groups excluding carboxylic acids is 2. The first-order valence-corrected chi connectivity index (χ1v) is 7.19. The maximum atomic E-state index is 11.2. The van der Waals surface area contributed by atoms with Gasteiger partial charge < -0.3 is 4.74 Å². The Morgan fingerprint density at radius 3 is 2.06 bits per heavy atom. The van der Waals surface area contributed by atoms with Gasteiger partial charge in [0.2, 0.25) is 0 Å². The van der Waals surface area contributed by atoms with E-state index in [0.717, 1.165) is 32.1 Å². The summed E-state index contributed by atoms with van der Waals surface area (Å²) in [5, 5.41) is 0. The van der Waals surface area contributed by atoms with Crippen molar-refractivity contribution in [3.63, 3.8) is 0 Å². The fourth-order valence-electron chi connectivity index (χ4n) is 2.16. The van der Waals surface area contributed by atoms with Gasteiger partial charge in [-0.05, 0) is 26.2 Å². The minimum atomic E-state index is -0.109. The summed E-state index contributed by atoms with van der Waals surface area (Å²) < 4.78 is 4.59. The Morgan fingerprint density at radius 1 is 1.00 bits per heavy atom. The van der Waals surface area contributed by atoms with Crippen LogP contribution in [0.1, 0.15) is 71.6 Å². The normalized spacial score (nSPS) is 12.2. The molecule has 3 heteroatoms. The number of hydrogen-bond donors (Lipinski definition) is 0. The minimum absolute atomic E-state index is 0.109. The highest BCUT2D eigenvalue weighted by molar-refractivity contribution is 5.78. The molecule has 0 heterocycles. The van der Waals surface area contributed by atoms with Gasteiger partial charge in [0.25, 0.3) is 0 Å². The molecule has 0 radical (unpaired) electrons. The van der Waals surface area contributed by atoms with Crippen molar-refractivity contribution in [3.8, 4) is 0 Å². The Balaban J connectivity index is 3.30. The van der Waals surface area contributed by atoms with Crippen LogP contribution >= 0.6 is 0 Å². The second-order valence-electron chi connectivity index (χ2n) is 4.95. The van der Waals surface area contributed by atoms with Crippen molar-refractivity contribution < 1.29 is 14.3 Å². The summed E-state index contributed by atoms with van der Waals surface area (Å²) in [7, 11) is 1.43. The standard InChI is InChI=1S/C15H28O3/c1-4-14(13(2)16)11-9-7-5-6-8-10-12-15(17)18-3/h14H,4-12H2,1-3H3. The van der Waals surface area contributed by atoms with Crippen molar-refractivity contribution in [2.24, 2.45) is 5.92 Å². The van der Waals surface area contributed by atoms with E-state index in [4.69, 9.17) is 0 Å². The maximum absolute atomic E-state index is 11.2. The number of ether oxygens (including phenoxy) is 1. The van der Waals surface area contributed by atoms with Crippen molar-refractivity contribution in [2.45, 2.75) is 71.6 Å². The van der Waals surface area contributed by atoms with E-state index in [1.54, 1.807) is 6.92 Å². The van der Waals surface area contributed by atoms with Crippen LogP contribution in [0.3, 0.4) is 0 Å². The minimum Gasteiger partial charge on any atom is -0.469 e. The predicted molar refractivity (Wildman–Crippen MR) is 73.4 cm³/mol. The highest BCUT2D eigenvalue weighted by Gasteiger charge is 2.10. The van der Waals surface area contributed by atoms with Gasteiger partial charge in [0.1, 0.15) is 5.78 Å². The highest BCUT2D eigenvalue weighted by atomic mass is 16.5. The first kappa shape index (κ1) is 17.1. The number of hydrogen-bond acceptors (Lipinski definition) is 3. The van der Waals surface area contributed by atoms with Crippen LogP contribution in [0.4, 0.5) is 0 Å². The van der Waals surface area contributed by atoms with Gasteiger partial charge in [-0.15, -0.1) is 0 Å². The van der Waals surface area contributed by atoms with Crippen molar-refractivity contribution >= 4 is 11.8 Å². The van der Waals surface area contributed by atoms with Gasteiger partial charge in [0.15, 0.2) is 0 Å². The third kappa shape index (κ3) is 9.20. The lowest BCUT2D eigenvalue weighted by molar-refractivity contribution is -0.140. The van der Waals surface area contributed by atoms with Crippen LogP contribution in [-0.2, 0) is 14.3 Å². The number of rotatable bonds is 11. The topological polar surface area (TPSA) is 43.4 Å². The van der Waals surface area contributed by atoms with Crippen LogP contribution in [0.25, 0.3) is 0 Å². The third-order valence-corrected chi connectivity index (χ3v) is 3.48. The average Bonchev–Trinajstić information content (AvgIpc) is 2.36. The van der Waals surface area contributed by atoms with E-state index in [1.807, 2.05) is 0 Å². The van der Waals surface area contributed by atoms with E-state index >= 15 is 0 Å². The molecule has 18 heavy (non-hydrogen) atoms. The fraction of sp³-hybridized carbons (Fsp3) is 0.867. The number of esters is 1. The van der Waals surface area contributed by atoms with Crippen LogP contribution in [-0.4, -0.2) is 18.9 Å². The van der Waals surface area contributed by atoms with Gasteiger partial charge in [0.05, 0.1) is 7.11 Å². The van der Waals surface area contributed by atoms with Crippen LogP contribution in [0.5, 0.6) is 0 Å². The first-order chi connectivity index (χ1) is 8.61. The molecule has 0 saturated heterocycles. The summed E-state index contributed by atoms with van der Waals surface area (Å²) >= 11 is 0. The SMILES string of the molecule is CCC(CCCCCCCCC(=O)OC)C(C)=O. The largest absolute Gasteiger partial charge is 0.469 e. The molecule has 0 amide bonds. The third-order valence-electron chi connectivity index (χ3n) is 3.48. The summed E-state index contributed by atoms with van der Waals surface area (Å²) in [6.07, 6.45) is 9.29. The monoisotopic (exact) mass is 256 g/mol. The molecule has 106 valence electrons. The number of carbonyl (C=O) groups is 2. The zero-order valence-electron chi connectivity index (χ0n) is 12.2. The van der Waals surface area contributed by atoms with Gasteiger partial charge in [0, 0.05) is 12.3 Å². The first-order valence-electron chi connectivity index (χ1n) is 7.19. The molecule has 0 aromatic heterocycles. The van der Waals surface area contributed by atoms with E-state index in [0.29, 0.717) is 12.2 Å². The van der Waals surface area contributed by atoms with Gasteiger partial charge in [-0.3, -0.25) is 9.59 Å². The molecular weight excluding hydrogens is 228 g/mol. The van der Waals surface area contributed by atoms with E-state index in [9.17, 15) is 9.59 Å². The Kier molecular flexibility index (Phi) is 10.7. The van der Waals surface area contributed by atoms with E-state index in [1.165, 1.54) is 26.4 Å². The van der Waals surface area contributed by atoms with Crippen LogP contribution in [0.2, 0.25) is 0 Å². The average molecular weight is 256 g/mol. The van der Waals surface area contributed by atoms with Crippen molar-refractivity contribution in [3.05, 3.63) is 0 Å². The summed E-state index contributed by atoms with van der Waals surface area (Å²) in [5.41, 5.74) is 0. The smallest absolute Gasteiger partial charge is 0.305 e. The van der Waals surface area contributed by atoms with Crippen molar-refractivity contribution in [1.82, 2.24) is 0 Å². The summed E-state index contributed by atoms with van der Waals surface area (Å²) in [5.74, 6) is 0.488. The van der Waals surface area contributed by atoms with E-state index in [-0.39, 0.29) is 11.9 Å². The molecule has 0 rings (SSSR count). The second-order valence-corrected chi connectivity index (χ2v) is 4.95. The Bertz CT molecular complexity index is 236. The maximum Gasteiger partial charge on any atom is 0.305 e. The molecule has 0 bridgehead atoms. The van der Waals surface area contributed by atoms with Gasteiger partial charge >= 0.3 is 5.97 Å². The van der Waals surface area contributed by atoms with Crippen LogP contribution < -0.4 is 0 Å². The van der Waals surface area contributed by atoms with E-state index < -0.39 is 0 Å². The van der Waals surface area contributed by atoms with Crippen molar-refractivity contribution in [2.75, 3.05) is 7.11 Å². The molecule has 0 aromatic carbocycles. The number of methoxy groups -OCH3 is 1. The fourth-order valence-corrected chi connectivity index (χ4v) is 2.16. The summed E-state index contributed by atoms with van der Waals surface area (Å²) in [6, 6.07) is 0. The molecule has 0 N–H and O–H groups in total. The van der Waals surface area contributed by atoms with Gasteiger partial charge in [-0.25, -0.2) is 0 Å². The molecule has 0 saturated carbocycles. The lowest BCUT2D eigenvalue weighted by atomic mass is 9.94. The Labute approximate surface area is 111 Å². The lowest BCUT2D eigenvalue weighted by Crippen LogP contribution is -2.09. The van der Waals surface area contributed by atoms with Crippen LogP contribution in [0.15, 0.2) is 0 Å². The molecule has 0 aromatic rings. The number of unbranched alkanes of at least 4 members (excludes halogenated alkanes) is 5. The molecule has 3 nitrogen and oxygen atoms in total. The highest BCUT2D eigenvalue weighted by Crippen LogP contribution is 2.16. The van der Waals surface area contributed by atoms with Crippen molar-refractivity contribution in [1.29, 1.82) is 0 Å². The van der Waals surface area contributed by atoms with E-state index in [2.05, 4.69) is 11.7 Å². The zero-order valence-corrected chi connectivity index (χ0v) is 12.2. The summed E-state index contributed by atoms with van der Waals surface area (Å²) in [4.78, 5) is 22.1. The van der Waals surface area contributed by atoms with Gasteiger partial charge in [-0.2, -0.15) is 0 Å². The molecule has 0 aliphatic rings. The second kappa shape index (κ2) is 11.2. The molecule has 0 aliphatic carbocycles. The molecule has 1 unspecified atom stereocenters. The van der Waals surface area contributed by atoms with Gasteiger partial charge in [-0.1, -0.05) is 39.0 Å². The lowest BCUT2D eigenvalue weighted by Gasteiger charge is -2.10.